The van der Waals surface area contributed by atoms with Gasteiger partial charge in [-0.15, -0.1) is 0 Å². The first-order chi connectivity index (χ1) is 7.72. The van der Waals surface area contributed by atoms with Gasteiger partial charge in [0, 0.05) is 0 Å². The molecule has 4 nitrogen and oxygen atoms in total. The van der Waals surface area contributed by atoms with E-state index in [-0.39, 0.29) is 6.04 Å². The van der Waals surface area contributed by atoms with Crippen LogP contribution in [-0.4, -0.2) is 36.1 Å². The van der Waals surface area contributed by atoms with Crippen LogP contribution < -0.4 is 10.1 Å². The van der Waals surface area contributed by atoms with Gasteiger partial charge in [-0.3, -0.25) is 0 Å². The number of methoxy groups -OCH3 is 1. The lowest BCUT2D eigenvalue weighted by atomic mass is 9.92. The van der Waals surface area contributed by atoms with Gasteiger partial charge in [-0.2, -0.15) is 0 Å². The van der Waals surface area contributed by atoms with E-state index < -0.39 is 12.2 Å². The van der Waals surface area contributed by atoms with Gasteiger partial charge in [-0.25, -0.2) is 0 Å². The Morgan fingerprint density at radius 1 is 1.25 bits per heavy atom. The average molecular weight is 223 g/mol. The van der Waals surface area contributed by atoms with Crippen molar-refractivity contribution >= 4 is 0 Å². The molecule has 1 fully saturated rings. The number of rotatable bonds is 2. The second-order valence-corrected chi connectivity index (χ2v) is 4.05. The van der Waals surface area contributed by atoms with Crippen LogP contribution in [0, 0.1) is 0 Å². The Labute approximate surface area is 94.9 Å². The number of nitrogens with one attached hydrogen (secondary N) is 1. The zero-order valence-corrected chi connectivity index (χ0v) is 9.26. The normalized spacial score (nSPS) is 30.1. The number of piperidine rings is 1. The van der Waals surface area contributed by atoms with Crippen LogP contribution in [0.25, 0.3) is 0 Å². The fourth-order valence-electron chi connectivity index (χ4n) is 2.03. The minimum Gasteiger partial charge on any atom is -0.497 e. The van der Waals surface area contributed by atoms with E-state index in [4.69, 9.17) is 4.74 Å². The van der Waals surface area contributed by atoms with Crippen LogP contribution >= 0.6 is 0 Å². The maximum Gasteiger partial charge on any atom is 0.118 e. The van der Waals surface area contributed by atoms with Gasteiger partial charge < -0.3 is 20.3 Å². The molecular formula is C12H17NO3. The predicted molar refractivity (Wildman–Crippen MR) is 60.4 cm³/mol. The Morgan fingerprint density at radius 2 is 1.94 bits per heavy atom. The van der Waals surface area contributed by atoms with Gasteiger partial charge in [0.25, 0.3) is 0 Å². The van der Waals surface area contributed by atoms with Gasteiger partial charge in [0.2, 0.25) is 0 Å². The fraction of sp³-hybridized carbons (Fsp3) is 0.500. The molecule has 3 atom stereocenters. The van der Waals surface area contributed by atoms with E-state index >= 15 is 0 Å². The molecule has 0 bridgehead atoms. The molecule has 1 aliphatic rings. The fourth-order valence-corrected chi connectivity index (χ4v) is 2.03. The molecule has 16 heavy (non-hydrogen) atoms. The Kier molecular flexibility index (Phi) is 3.43. The van der Waals surface area contributed by atoms with Crippen LogP contribution in [0.5, 0.6) is 5.75 Å². The number of benzene rings is 1. The molecule has 0 spiro atoms. The number of ether oxygens (including phenoxy) is 1. The van der Waals surface area contributed by atoms with Gasteiger partial charge in [-0.05, 0) is 30.7 Å². The second kappa shape index (κ2) is 4.82. The Bertz CT molecular complexity index is 339. The lowest BCUT2D eigenvalue weighted by Gasteiger charge is -2.33. The summed E-state index contributed by atoms with van der Waals surface area (Å²) >= 11 is 0. The maximum absolute atomic E-state index is 9.87. The molecule has 1 aromatic carbocycles. The Morgan fingerprint density at radius 3 is 2.56 bits per heavy atom. The molecule has 0 aromatic heterocycles. The number of hydrogen-bond donors (Lipinski definition) is 3. The van der Waals surface area contributed by atoms with Crippen LogP contribution in [-0.2, 0) is 0 Å². The first-order valence-corrected chi connectivity index (χ1v) is 5.46. The van der Waals surface area contributed by atoms with Crippen molar-refractivity contribution in [2.24, 2.45) is 0 Å². The van der Waals surface area contributed by atoms with Crippen LogP contribution in [0.4, 0.5) is 0 Å². The van der Waals surface area contributed by atoms with E-state index in [1.165, 1.54) is 0 Å². The van der Waals surface area contributed by atoms with E-state index in [1.807, 2.05) is 24.3 Å². The minimum atomic E-state index is -0.748. The van der Waals surface area contributed by atoms with Crippen molar-refractivity contribution < 1.29 is 14.9 Å². The quantitative estimate of drug-likeness (QED) is 0.681. The molecule has 0 aliphatic carbocycles. The van der Waals surface area contributed by atoms with Crippen molar-refractivity contribution in [3.05, 3.63) is 29.8 Å². The zero-order valence-electron chi connectivity index (χ0n) is 9.26. The maximum atomic E-state index is 9.87. The summed E-state index contributed by atoms with van der Waals surface area (Å²) < 4.78 is 5.07. The highest BCUT2D eigenvalue weighted by Gasteiger charge is 2.30. The van der Waals surface area contributed by atoms with Gasteiger partial charge in [0.1, 0.15) is 5.75 Å². The van der Waals surface area contributed by atoms with Crippen molar-refractivity contribution in [1.29, 1.82) is 0 Å². The summed E-state index contributed by atoms with van der Waals surface area (Å²) in [4.78, 5) is 0. The first kappa shape index (κ1) is 11.4. The topological polar surface area (TPSA) is 61.7 Å². The van der Waals surface area contributed by atoms with E-state index in [0.29, 0.717) is 6.42 Å². The molecule has 0 unspecified atom stereocenters. The molecule has 1 heterocycles. The van der Waals surface area contributed by atoms with Crippen molar-refractivity contribution in [2.45, 2.75) is 24.7 Å². The van der Waals surface area contributed by atoms with E-state index in [1.54, 1.807) is 7.11 Å². The molecular weight excluding hydrogens is 206 g/mol. The van der Waals surface area contributed by atoms with Gasteiger partial charge >= 0.3 is 0 Å². The monoisotopic (exact) mass is 223 g/mol. The highest BCUT2D eigenvalue weighted by molar-refractivity contribution is 5.30. The standard InChI is InChI=1S/C12H17NO3/c1-16-9-4-2-8(3-5-9)11-12(15)10(14)6-7-13-11/h2-5,10-15H,6-7H2,1H3/t10-,11+,12-/m1/s1. The summed E-state index contributed by atoms with van der Waals surface area (Å²) in [5, 5.41) is 22.7. The van der Waals surface area contributed by atoms with E-state index in [9.17, 15) is 10.2 Å². The smallest absolute Gasteiger partial charge is 0.118 e. The summed E-state index contributed by atoms with van der Waals surface area (Å²) in [6.45, 7) is 0.717. The summed E-state index contributed by atoms with van der Waals surface area (Å²) in [5.41, 5.74) is 0.965. The third kappa shape index (κ3) is 2.19. The van der Waals surface area contributed by atoms with Gasteiger partial charge in [0.15, 0.2) is 0 Å². The van der Waals surface area contributed by atoms with Crippen molar-refractivity contribution in [3.8, 4) is 5.75 Å². The molecule has 2 rings (SSSR count). The molecule has 0 saturated carbocycles. The molecule has 3 N–H and O–H groups in total. The molecule has 1 aliphatic heterocycles. The van der Waals surface area contributed by atoms with E-state index in [2.05, 4.69) is 5.32 Å². The average Bonchev–Trinajstić information content (AvgIpc) is 2.33. The third-order valence-electron chi connectivity index (χ3n) is 3.02. The number of aliphatic hydroxyl groups is 2. The van der Waals surface area contributed by atoms with Crippen LogP contribution in [0.15, 0.2) is 24.3 Å². The van der Waals surface area contributed by atoms with E-state index in [0.717, 1.165) is 17.9 Å². The van der Waals surface area contributed by atoms with Gasteiger partial charge in [0.05, 0.1) is 25.4 Å². The first-order valence-electron chi connectivity index (χ1n) is 5.46. The predicted octanol–water partition coefficient (Wildman–Crippen LogP) is 0.451. The number of aliphatic hydroxyl groups excluding tert-OH is 2. The summed E-state index contributed by atoms with van der Waals surface area (Å²) in [6.07, 6.45) is -0.802. The summed E-state index contributed by atoms with van der Waals surface area (Å²) in [7, 11) is 1.62. The minimum absolute atomic E-state index is 0.199. The lowest BCUT2D eigenvalue weighted by Crippen LogP contribution is -2.46. The zero-order chi connectivity index (χ0) is 11.5. The van der Waals surface area contributed by atoms with Crippen LogP contribution in [0.3, 0.4) is 0 Å². The highest BCUT2D eigenvalue weighted by atomic mass is 16.5. The van der Waals surface area contributed by atoms with Crippen LogP contribution in [0.2, 0.25) is 0 Å². The van der Waals surface area contributed by atoms with Gasteiger partial charge in [-0.1, -0.05) is 12.1 Å². The third-order valence-corrected chi connectivity index (χ3v) is 3.02. The van der Waals surface area contributed by atoms with Crippen molar-refractivity contribution in [1.82, 2.24) is 5.32 Å². The number of hydrogen-bond acceptors (Lipinski definition) is 4. The molecule has 1 saturated heterocycles. The summed E-state index contributed by atoms with van der Waals surface area (Å²) in [6, 6.07) is 7.31. The van der Waals surface area contributed by atoms with Crippen molar-refractivity contribution in [2.75, 3.05) is 13.7 Å². The summed E-state index contributed by atoms with van der Waals surface area (Å²) in [5.74, 6) is 0.787. The molecule has 88 valence electrons. The van der Waals surface area contributed by atoms with Crippen LogP contribution in [0.1, 0.15) is 18.0 Å². The SMILES string of the molecule is COc1ccc([C@@H]2NCC[C@@H](O)[C@H]2O)cc1. The van der Waals surface area contributed by atoms with Crippen molar-refractivity contribution in [3.63, 3.8) is 0 Å². The largest absolute Gasteiger partial charge is 0.497 e. The second-order valence-electron chi connectivity index (χ2n) is 4.05. The molecule has 0 amide bonds. The molecule has 4 heteroatoms. The molecule has 0 radical (unpaired) electrons. The Balaban J connectivity index is 2.15. The highest BCUT2D eigenvalue weighted by Crippen LogP contribution is 2.25. The Hall–Kier alpha value is -1.10. The molecule has 1 aromatic rings. The lowest BCUT2D eigenvalue weighted by molar-refractivity contribution is -0.0271.